The van der Waals surface area contributed by atoms with Crippen molar-refractivity contribution in [3.63, 3.8) is 0 Å². The Hall–Kier alpha value is -1.38. The largest absolute Gasteiger partial charge is 0.367 e. The van der Waals surface area contributed by atoms with Gasteiger partial charge in [-0.3, -0.25) is 4.79 Å². The Morgan fingerprint density at radius 1 is 1.00 bits per heavy atom. The highest BCUT2D eigenvalue weighted by molar-refractivity contribution is 5.86. The minimum Gasteiger partial charge on any atom is -0.367 e. The summed E-state index contributed by atoms with van der Waals surface area (Å²) < 4.78 is 13.3. The molecule has 1 aromatic carbocycles. The second-order valence-electron chi connectivity index (χ2n) is 11.8. The minimum atomic E-state index is -0.228. The van der Waals surface area contributed by atoms with Crippen molar-refractivity contribution in [2.75, 3.05) is 18.5 Å². The van der Waals surface area contributed by atoms with Gasteiger partial charge in [0.15, 0.2) is 5.78 Å². The van der Waals surface area contributed by atoms with Crippen molar-refractivity contribution in [1.82, 2.24) is 0 Å². The number of halogens is 1. The molecule has 3 heteroatoms. The Balaban J connectivity index is 1.28. The fraction of sp³-hybridized carbons (Fsp3) is 0.750. The highest BCUT2D eigenvalue weighted by Gasteiger charge is 2.58. The van der Waals surface area contributed by atoms with Crippen LogP contribution >= 0.6 is 0 Å². The molecule has 0 aromatic heterocycles. The lowest BCUT2D eigenvalue weighted by Gasteiger charge is -2.56. The van der Waals surface area contributed by atoms with Gasteiger partial charge in [-0.2, -0.15) is 0 Å². The maximum Gasteiger partial charge on any atom is 0.155 e. The molecule has 4 fully saturated rings. The zero-order valence-corrected chi connectivity index (χ0v) is 19.7. The summed E-state index contributed by atoms with van der Waals surface area (Å²) in [5.74, 6) is 5.79. The highest BCUT2D eigenvalue weighted by atomic mass is 19.1. The first-order chi connectivity index (χ1) is 14.9. The molecule has 1 aromatic rings. The zero-order valence-electron chi connectivity index (χ0n) is 19.7. The maximum atomic E-state index is 13.5. The molecule has 4 aliphatic carbocycles. The molecular formula is C28H40FNO. The van der Waals surface area contributed by atoms with Gasteiger partial charge in [-0.15, -0.1) is 0 Å². The van der Waals surface area contributed by atoms with Crippen molar-refractivity contribution in [3.05, 3.63) is 30.1 Å². The van der Waals surface area contributed by atoms with E-state index in [0.717, 1.165) is 47.6 Å². The van der Waals surface area contributed by atoms with Crippen LogP contribution in [0.5, 0.6) is 0 Å². The van der Waals surface area contributed by atoms with Gasteiger partial charge in [0.25, 0.3) is 0 Å². The third-order valence-corrected chi connectivity index (χ3v) is 10.3. The number of likely N-dealkylation sites (N-methyl/N-ethyl adjacent to an activating group) is 1. The van der Waals surface area contributed by atoms with Crippen LogP contribution in [0.3, 0.4) is 0 Å². The number of hydrogen-bond acceptors (Lipinski definition) is 2. The fourth-order valence-corrected chi connectivity index (χ4v) is 8.75. The lowest BCUT2D eigenvalue weighted by Crippen LogP contribution is -2.50. The summed E-state index contributed by atoms with van der Waals surface area (Å²) in [6.07, 6.45) is 12.1. The van der Waals surface area contributed by atoms with Crippen molar-refractivity contribution >= 4 is 11.5 Å². The van der Waals surface area contributed by atoms with Gasteiger partial charge in [-0.1, -0.05) is 20.3 Å². The van der Waals surface area contributed by atoms with E-state index in [1.165, 1.54) is 63.5 Å². The van der Waals surface area contributed by atoms with E-state index in [1.54, 1.807) is 12.1 Å². The summed E-state index contributed by atoms with van der Waals surface area (Å²) in [6.45, 7) is 5.35. The van der Waals surface area contributed by atoms with Crippen LogP contribution in [0.25, 0.3) is 0 Å². The number of carbonyl (C=O) groups excluding carboxylic acids is 1. The number of carbonyl (C=O) groups is 1. The quantitative estimate of drug-likeness (QED) is 0.533. The van der Waals surface area contributed by atoms with Crippen LogP contribution < -0.4 is 4.90 Å². The molecule has 8 unspecified atom stereocenters. The summed E-state index contributed by atoms with van der Waals surface area (Å²) in [4.78, 5) is 15.5. The van der Waals surface area contributed by atoms with Gasteiger partial charge in [0.05, 0.1) is 6.54 Å². The van der Waals surface area contributed by atoms with Crippen LogP contribution in [0.4, 0.5) is 10.1 Å². The maximum absolute atomic E-state index is 13.5. The van der Waals surface area contributed by atoms with Gasteiger partial charge >= 0.3 is 0 Å². The lowest BCUT2D eigenvalue weighted by molar-refractivity contribution is -0.129. The number of rotatable bonds is 4. The van der Waals surface area contributed by atoms with Crippen LogP contribution in [0.1, 0.15) is 71.6 Å². The van der Waals surface area contributed by atoms with Crippen LogP contribution in [-0.4, -0.2) is 19.4 Å². The van der Waals surface area contributed by atoms with Crippen LogP contribution in [0.2, 0.25) is 0 Å². The van der Waals surface area contributed by atoms with E-state index in [2.05, 4.69) is 13.8 Å². The molecule has 0 radical (unpaired) electrons. The van der Waals surface area contributed by atoms with Gasteiger partial charge in [0, 0.05) is 18.7 Å². The Labute approximate surface area is 188 Å². The van der Waals surface area contributed by atoms with E-state index in [0.29, 0.717) is 12.3 Å². The molecular weight excluding hydrogens is 385 g/mol. The standard InChI is InChI=1S/C28H40FNO/c1-18-4-10-22-19(16-18)5-11-24-23(22)14-15-28(2)25(24)12-13-26(28)27(31)17-30(3)21-8-6-20(29)7-9-21/h6-9,18-19,22-26H,4-5,10-17H2,1-3H3. The second kappa shape index (κ2) is 8.19. The predicted octanol–water partition coefficient (Wildman–Crippen LogP) is 6.74. The highest BCUT2D eigenvalue weighted by Crippen LogP contribution is 2.64. The van der Waals surface area contributed by atoms with E-state index < -0.39 is 0 Å². The smallest absolute Gasteiger partial charge is 0.155 e. The summed E-state index contributed by atoms with van der Waals surface area (Å²) in [7, 11) is 1.96. The third-order valence-electron chi connectivity index (χ3n) is 10.3. The summed E-state index contributed by atoms with van der Waals surface area (Å²) in [6, 6.07) is 6.51. The molecule has 0 aliphatic heterocycles. The van der Waals surface area contributed by atoms with Crippen molar-refractivity contribution < 1.29 is 9.18 Å². The molecule has 4 saturated carbocycles. The molecule has 31 heavy (non-hydrogen) atoms. The van der Waals surface area contributed by atoms with Crippen molar-refractivity contribution in [3.8, 4) is 0 Å². The number of hydrogen-bond donors (Lipinski definition) is 0. The van der Waals surface area contributed by atoms with E-state index >= 15 is 0 Å². The number of anilines is 1. The summed E-state index contributed by atoms with van der Waals surface area (Å²) in [5, 5.41) is 0. The lowest BCUT2D eigenvalue weighted by atomic mass is 9.49. The number of ketones is 1. The third kappa shape index (κ3) is 3.74. The molecule has 5 rings (SSSR count). The van der Waals surface area contributed by atoms with E-state index in [-0.39, 0.29) is 17.2 Å². The average Bonchev–Trinajstić information content (AvgIpc) is 3.11. The fourth-order valence-electron chi connectivity index (χ4n) is 8.75. The number of fused-ring (bicyclic) bond motifs is 5. The molecule has 4 aliphatic rings. The van der Waals surface area contributed by atoms with Gasteiger partial charge < -0.3 is 4.90 Å². The zero-order chi connectivity index (χ0) is 21.8. The molecule has 0 spiro atoms. The first-order valence-electron chi connectivity index (χ1n) is 12.9. The summed E-state index contributed by atoms with van der Waals surface area (Å²) in [5.41, 5.74) is 1.11. The molecule has 0 bridgehead atoms. The predicted molar refractivity (Wildman–Crippen MR) is 124 cm³/mol. The van der Waals surface area contributed by atoms with Crippen molar-refractivity contribution in [2.45, 2.75) is 71.6 Å². The molecule has 0 saturated heterocycles. The van der Waals surface area contributed by atoms with E-state index in [4.69, 9.17) is 0 Å². The second-order valence-corrected chi connectivity index (χ2v) is 11.8. The van der Waals surface area contributed by atoms with Crippen molar-refractivity contribution in [2.24, 2.45) is 46.8 Å². The minimum absolute atomic E-state index is 0.191. The van der Waals surface area contributed by atoms with Gasteiger partial charge in [-0.25, -0.2) is 4.39 Å². The van der Waals surface area contributed by atoms with Crippen LogP contribution in [-0.2, 0) is 4.79 Å². The Bertz CT molecular complexity index is 806. The van der Waals surface area contributed by atoms with Gasteiger partial charge in [0.1, 0.15) is 5.82 Å². The van der Waals surface area contributed by atoms with Crippen molar-refractivity contribution in [1.29, 1.82) is 0 Å². The molecule has 0 N–H and O–H groups in total. The normalized spacial score (nSPS) is 41.7. The Kier molecular flexibility index (Phi) is 5.67. The molecule has 170 valence electrons. The SMILES string of the molecule is CC1CCC2C(CCC3C2CCC2(C)C(C(=O)CN(C)c4ccc(F)cc4)CCC32)C1. The monoisotopic (exact) mass is 425 g/mol. The first-order valence-corrected chi connectivity index (χ1v) is 12.9. The topological polar surface area (TPSA) is 20.3 Å². The number of benzene rings is 1. The average molecular weight is 426 g/mol. The Morgan fingerprint density at radius 3 is 2.52 bits per heavy atom. The molecule has 2 nitrogen and oxygen atoms in total. The molecule has 0 heterocycles. The number of nitrogens with zero attached hydrogens (tertiary/aromatic N) is 1. The Morgan fingerprint density at radius 2 is 1.74 bits per heavy atom. The van der Waals surface area contributed by atoms with E-state index in [1.807, 2.05) is 11.9 Å². The van der Waals surface area contributed by atoms with Gasteiger partial charge in [0.2, 0.25) is 0 Å². The molecule has 0 amide bonds. The first kappa shape index (κ1) is 21.5. The summed E-state index contributed by atoms with van der Waals surface area (Å²) >= 11 is 0. The van der Waals surface area contributed by atoms with Gasteiger partial charge in [-0.05, 0) is 117 Å². The van der Waals surface area contributed by atoms with Crippen LogP contribution in [0.15, 0.2) is 24.3 Å². The molecule has 8 atom stereocenters. The van der Waals surface area contributed by atoms with E-state index in [9.17, 15) is 9.18 Å². The number of Topliss-reactive ketones (excluding diaryl/α,β-unsaturated/α-hetero) is 1. The van der Waals surface area contributed by atoms with Crippen LogP contribution in [0, 0.1) is 52.7 Å².